The predicted octanol–water partition coefficient (Wildman–Crippen LogP) is 8.01. The third kappa shape index (κ3) is 6.60. The van der Waals surface area contributed by atoms with Crippen molar-refractivity contribution in [3.63, 3.8) is 0 Å². The number of thioether (sulfide) groups is 1. The minimum Gasteiger partial charge on any atom is -0.457 e. The fourth-order valence-corrected chi connectivity index (χ4v) is 5.47. The summed E-state index contributed by atoms with van der Waals surface area (Å²) >= 11 is 7.97. The number of rotatable bonds is 9. The van der Waals surface area contributed by atoms with Crippen molar-refractivity contribution in [2.45, 2.75) is 36.9 Å². The fourth-order valence-electron chi connectivity index (χ4n) is 3.31. The molecule has 0 aliphatic heterocycles. The van der Waals surface area contributed by atoms with Crippen molar-refractivity contribution in [1.29, 1.82) is 0 Å². The zero-order valence-corrected chi connectivity index (χ0v) is 22.6. The van der Waals surface area contributed by atoms with Crippen LogP contribution in [0.1, 0.15) is 32.8 Å². The molecule has 4 rings (SSSR count). The molecule has 0 saturated heterocycles. The SMILES string of the molecule is CCC(C)(C)c1ccc(Oc2ccc(NC(=O)CSc3nn(-c4ccc(F)cc4)c(=S)s3)cc2)cc1. The quantitative estimate of drug-likeness (QED) is 0.172. The van der Waals surface area contributed by atoms with E-state index in [9.17, 15) is 9.18 Å². The van der Waals surface area contributed by atoms with Crippen LogP contribution in [0.3, 0.4) is 0 Å². The van der Waals surface area contributed by atoms with Gasteiger partial charge in [0.05, 0.1) is 11.4 Å². The Hall–Kier alpha value is -3.01. The summed E-state index contributed by atoms with van der Waals surface area (Å²) < 4.78 is 21.9. The summed E-state index contributed by atoms with van der Waals surface area (Å²) in [5.74, 6) is 1.16. The molecular formula is C27H26FN3O2S3. The molecule has 1 aromatic heterocycles. The normalized spacial score (nSPS) is 11.3. The van der Waals surface area contributed by atoms with E-state index in [4.69, 9.17) is 17.0 Å². The van der Waals surface area contributed by atoms with Crippen LogP contribution in [-0.4, -0.2) is 21.4 Å². The number of hydrogen-bond donors (Lipinski definition) is 1. The second-order valence-electron chi connectivity index (χ2n) is 8.75. The van der Waals surface area contributed by atoms with Crippen LogP contribution in [0.25, 0.3) is 5.69 Å². The van der Waals surface area contributed by atoms with Crippen molar-refractivity contribution < 1.29 is 13.9 Å². The van der Waals surface area contributed by atoms with E-state index in [0.29, 0.717) is 25.4 Å². The number of halogens is 1. The lowest BCUT2D eigenvalue weighted by molar-refractivity contribution is -0.113. The van der Waals surface area contributed by atoms with Crippen LogP contribution in [0.15, 0.2) is 77.1 Å². The maximum absolute atomic E-state index is 13.2. The first-order valence-electron chi connectivity index (χ1n) is 11.4. The summed E-state index contributed by atoms with van der Waals surface area (Å²) in [6.07, 6.45) is 1.06. The Morgan fingerprint density at radius 1 is 1.06 bits per heavy atom. The zero-order valence-electron chi connectivity index (χ0n) is 20.2. The second kappa shape index (κ2) is 11.4. The topological polar surface area (TPSA) is 56.1 Å². The number of hydrogen-bond acceptors (Lipinski definition) is 6. The van der Waals surface area contributed by atoms with Crippen molar-refractivity contribution in [3.05, 3.63) is 88.1 Å². The van der Waals surface area contributed by atoms with Crippen molar-refractivity contribution in [3.8, 4) is 17.2 Å². The molecule has 0 fully saturated rings. The molecule has 0 aliphatic rings. The van der Waals surface area contributed by atoms with Crippen LogP contribution in [-0.2, 0) is 10.2 Å². The third-order valence-electron chi connectivity index (χ3n) is 5.82. The van der Waals surface area contributed by atoms with Gasteiger partial charge in [-0.3, -0.25) is 4.79 Å². The molecule has 5 nitrogen and oxygen atoms in total. The summed E-state index contributed by atoms with van der Waals surface area (Å²) in [4.78, 5) is 12.4. The Morgan fingerprint density at radius 2 is 1.67 bits per heavy atom. The second-order valence-corrected chi connectivity index (χ2v) is 11.6. The highest BCUT2D eigenvalue weighted by Gasteiger charge is 2.17. The van der Waals surface area contributed by atoms with Crippen molar-refractivity contribution in [1.82, 2.24) is 9.78 Å². The number of carbonyl (C=O) groups excluding carboxylic acids is 1. The van der Waals surface area contributed by atoms with Gasteiger partial charge in [0.25, 0.3) is 0 Å². The molecule has 0 unspecified atom stereocenters. The van der Waals surface area contributed by atoms with Gasteiger partial charge in [0.2, 0.25) is 5.91 Å². The number of ether oxygens (including phenoxy) is 1. The lowest BCUT2D eigenvalue weighted by Crippen LogP contribution is -2.14. The lowest BCUT2D eigenvalue weighted by atomic mass is 9.82. The van der Waals surface area contributed by atoms with E-state index in [1.54, 1.807) is 28.9 Å². The minimum atomic E-state index is -0.323. The average molecular weight is 540 g/mol. The van der Waals surface area contributed by atoms with Gasteiger partial charge in [-0.25, -0.2) is 9.07 Å². The van der Waals surface area contributed by atoms with Crippen LogP contribution in [0, 0.1) is 9.77 Å². The van der Waals surface area contributed by atoms with Crippen LogP contribution < -0.4 is 10.1 Å². The standard InChI is InChI=1S/C27H26FN3O2S3/c1-4-27(2,3)18-5-13-22(14-6-18)33-23-15-9-20(10-16-23)29-24(32)17-35-25-30-31(26(34)36-25)21-11-7-19(28)8-12-21/h5-16H,4,17H2,1-3H3,(H,29,32). The van der Waals surface area contributed by atoms with E-state index < -0.39 is 0 Å². The average Bonchev–Trinajstić information content (AvgIpc) is 3.25. The largest absolute Gasteiger partial charge is 0.457 e. The number of nitrogens with one attached hydrogen (secondary N) is 1. The maximum atomic E-state index is 13.2. The van der Waals surface area contributed by atoms with Crippen LogP contribution in [0.4, 0.5) is 10.1 Å². The highest BCUT2D eigenvalue weighted by molar-refractivity contribution is 8.01. The summed E-state index contributed by atoms with van der Waals surface area (Å²) in [6, 6.07) is 21.4. The molecule has 1 heterocycles. The first-order valence-corrected chi connectivity index (χ1v) is 13.6. The van der Waals surface area contributed by atoms with E-state index in [0.717, 1.165) is 12.2 Å². The van der Waals surface area contributed by atoms with Gasteiger partial charge in [0, 0.05) is 5.69 Å². The molecule has 186 valence electrons. The van der Waals surface area contributed by atoms with E-state index in [2.05, 4.69) is 43.3 Å². The monoisotopic (exact) mass is 539 g/mol. The smallest absolute Gasteiger partial charge is 0.234 e. The van der Waals surface area contributed by atoms with Crippen LogP contribution in [0.5, 0.6) is 11.5 Å². The Kier molecular flexibility index (Phi) is 8.23. The van der Waals surface area contributed by atoms with Gasteiger partial charge in [-0.2, -0.15) is 0 Å². The molecule has 1 amide bonds. The molecule has 1 N–H and O–H groups in total. The van der Waals surface area contributed by atoms with Gasteiger partial charge in [-0.1, -0.05) is 56.0 Å². The Balaban J connectivity index is 1.30. The molecule has 36 heavy (non-hydrogen) atoms. The Bertz CT molecular complexity index is 1380. The van der Waals surface area contributed by atoms with Gasteiger partial charge in [-0.05, 0) is 90.3 Å². The number of anilines is 1. The molecule has 9 heteroatoms. The summed E-state index contributed by atoms with van der Waals surface area (Å²) in [5, 5.41) is 7.32. The van der Waals surface area contributed by atoms with Crippen molar-refractivity contribution in [2.75, 3.05) is 11.1 Å². The number of benzene rings is 3. The molecular weight excluding hydrogens is 514 g/mol. The van der Waals surface area contributed by atoms with Gasteiger partial charge in [0.1, 0.15) is 17.3 Å². The molecule has 0 spiro atoms. The van der Waals surface area contributed by atoms with Crippen molar-refractivity contribution >= 4 is 46.9 Å². The minimum absolute atomic E-state index is 0.133. The number of carbonyl (C=O) groups is 1. The molecule has 0 bridgehead atoms. The Morgan fingerprint density at radius 3 is 2.28 bits per heavy atom. The number of amides is 1. The number of aromatic nitrogens is 2. The highest BCUT2D eigenvalue weighted by Crippen LogP contribution is 2.30. The molecule has 0 atom stereocenters. The molecule has 0 radical (unpaired) electrons. The Labute approximate surface area is 223 Å². The molecule has 0 saturated carbocycles. The van der Waals surface area contributed by atoms with E-state index in [-0.39, 0.29) is 22.9 Å². The first kappa shape index (κ1) is 26.1. The highest BCUT2D eigenvalue weighted by atomic mass is 32.2. The van der Waals surface area contributed by atoms with Gasteiger partial charge >= 0.3 is 0 Å². The van der Waals surface area contributed by atoms with E-state index in [1.807, 2.05) is 24.3 Å². The summed E-state index contributed by atoms with van der Waals surface area (Å²) in [6.45, 7) is 6.64. The fraction of sp³-hybridized carbons (Fsp3) is 0.222. The molecule has 0 aliphatic carbocycles. The zero-order chi connectivity index (χ0) is 25.7. The maximum Gasteiger partial charge on any atom is 0.234 e. The van der Waals surface area contributed by atoms with Gasteiger partial charge in [-0.15, -0.1) is 5.10 Å². The van der Waals surface area contributed by atoms with E-state index >= 15 is 0 Å². The van der Waals surface area contributed by atoms with Gasteiger partial charge in [0.15, 0.2) is 8.29 Å². The van der Waals surface area contributed by atoms with Crippen LogP contribution >= 0.6 is 35.3 Å². The van der Waals surface area contributed by atoms with E-state index in [1.165, 1.54) is 40.8 Å². The predicted molar refractivity (Wildman–Crippen MR) is 148 cm³/mol. The summed E-state index contributed by atoms with van der Waals surface area (Å²) in [7, 11) is 0. The van der Waals surface area contributed by atoms with Gasteiger partial charge < -0.3 is 10.1 Å². The molecule has 3 aromatic carbocycles. The number of nitrogens with zero attached hydrogens (tertiary/aromatic N) is 2. The van der Waals surface area contributed by atoms with Crippen LogP contribution in [0.2, 0.25) is 0 Å². The van der Waals surface area contributed by atoms with Crippen molar-refractivity contribution in [2.24, 2.45) is 0 Å². The first-order chi connectivity index (χ1) is 17.2. The lowest BCUT2D eigenvalue weighted by Gasteiger charge is -2.23. The summed E-state index contributed by atoms with van der Waals surface area (Å²) in [5.41, 5.74) is 2.77. The third-order valence-corrected chi connectivity index (χ3v) is 8.19. The molecule has 4 aromatic rings.